The number of nitrogens with zero attached hydrogens (tertiary/aromatic N) is 4. The fraction of sp³-hybridized carbons (Fsp3) is 0.500. The molecule has 1 fully saturated rings. The third-order valence-electron chi connectivity index (χ3n) is 4.13. The highest BCUT2D eigenvalue weighted by atomic mass is 16.1. The van der Waals surface area contributed by atoms with Crippen molar-refractivity contribution in [2.75, 3.05) is 24.5 Å². The molecule has 116 valence electrons. The molecule has 0 aromatic carbocycles. The second-order valence-corrected chi connectivity index (χ2v) is 5.64. The van der Waals surface area contributed by atoms with Crippen molar-refractivity contribution < 1.29 is 0 Å². The molecule has 0 radical (unpaired) electrons. The zero-order valence-corrected chi connectivity index (χ0v) is 13.3. The van der Waals surface area contributed by atoms with Crippen molar-refractivity contribution in [2.24, 2.45) is 7.05 Å². The molecule has 22 heavy (non-hydrogen) atoms. The molecule has 1 aliphatic heterocycles. The number of imidazole rings is 1. The fourth-order valence-corrected chi connectivity index (χ4v) is 2.88. The third kappa shape index (κ3) is 2.48. The van der Waals surface area contributed by atoms with Crippen LogP contribution in [-0.2, 0) is 13.5 Å². The van der Waals surface area contributed by atoms with Crippen molar-refractivity contribution in [3.63, 3.8) is 0 Å². The summed E-state index contributed by atoms with van der Waals surface area (Å²) in [6.45, 7) is 6.68. The third-order valence-corrected chi connectivity index (χ3v) is 4.13. The molecule has 1 atom stereocenters. The number of nitrogens with one attached hydrogen (secondary N) is 1. The predicted molar refractivity (Wildman–Crippen MR) is 87.3 cm³/mol. The standard InChI is InChI=1S/C16H21N5O/c1-4-5-6-13-11-21-16(18-13)14(9-15(22)19(21)3)20-8-7-17-10-12(20)2/h9,11-12,17H,6-8,10H2,1-3H3. The van der Waals surface area contributed by atoms with Crippen LogP contribution in [0.5, 0.6) is 0 Å². The van der Waals surface area contributed by atoms with E-state index in [2.05, 4.69) is 29.0 Å². The summed E-state index contributed by atoms with van der Waals surface area (Å²) in [6, 6.07) is 2.03. The van der Waals surface area contributed by atoms with E-state index >= 15 is 0 Å². The molecule has 1 aliphatic rings. The Hall–Kier alpha value is -2.26. The van der Waals surface area contributed by atoms with Gasteiger partial charge in [-0.3, -0.25) is 4.79 Å². The van der Waals surface area contributed by atoms with Crippen LogP contribution < -0.4 is 15.8 Å². The molecule has 1 N–H and O–H groups in total. The first-order valence-corrected chi connectivity index (χ1v) is 7.57. The van der Waals surface area contributed by atoms with Crippen molar-refractivity contribution in [1.82, 2.24) is 19.5 Å². The number of aromatic nitrogens is 3. The van der Waals surface area contributed by atoms with E-state index in [-0.39, 0.29) is 5.56 Å². The Kier molecular flexibility index (Phi) is 3.90. The Bertz CT molecular complexity index is 808. The lowest BCUT2D eigenvalue weighted by Crippen LogP contribution is -2.50. The molecule has 3 heterocycles. The van der Waals surface area contributed by atoms with Gasteiger partial charge >= 0.3 is 0 Å². The minimum atomic E-state index is -0.0289. The van der Waals surface area contributed by atoms with Crippen molar-refractivity contribution in [2.45, 2.75) is 26.3 Å². The van der Waals surface area contributed by atoms with E-state index in [1.54, 1.807) is 17.8 Å². The summed E-state index contributed by atoms with van der Waals surface area (Å²) in [7, 11) is 1.76. The fourth-order valence-electron chi connectivity index (χ4n) is 2.88. The number of aryl methyl sites for hydroxylation is 1. The lowest BCUT2D eigenvalue weighted by molar-refractivity contribution is 0.499. The maximum atomic E-state index is 12.3. The Morgan fingerprint density at radius 1 is 1.50 bits per heavy atom. The van der Waals surface area contributed by atoms with E-state index in [0.717, 1.165) is 36.7 Å². The SMILES string of the molecule is CC#CCc1cn2c(n1)c(N1CCNCC1C)cc(=O)n2C. The molecule has 1 unspecified atom stereocenters. The van der Waals surface area contributed by atoms with E-state index in [1.807, 2.05) is 17.6 Å². The predicted octanol–water partition coefficient (Wildman–Crippen LogP) is 0.397. The van der Waals surface area contributed by atoms with Gasteiger partial charge in [0.2, 0.25) is 0 Å². The summed E-state index contributed by atoms with van der Waals surface area (Å²) in [5.74, 6) is 5.92. The highest BCUT2D eigenvalue weighted by Gasteiger charge is 2.22. The highest BCUT2D eigenvalue weighted by molar-refractivity contribution is 5.69. The van der Waals surface area contributed by atoms with Gasteiger partial charge in [0.1, 0.15) is 0 Å². The van der Waals surface area contributed by atoms with Crippen LogP contribution in [0, 0.1) is 11.8 Å². The average molecular weight is 299 g/mol. The first-order valence-electron chi connectivity index (χ1n) is 7.57. The summed E-state index contributed by atoms with van der Waals surface area (Å²) in [6.07, 6.45) is 2.50. The molecule has 0 saturated carbocycles. The number of rotatable bonds is 2. The molecule has 2 aromatic heterocycles. The summed E-state index contributed by atoms with van der Waals surface area (Å²) in [5.41, 5.74) is 2.59. The van der Waals surface area contributed by atoms with Crippen molar-refractivity contribution in [1.29, 1.82) is 0 Å². The van der Waals surface area contributed by atoms with Gasteiger partial charge in [-0.15, -0.1) is 5.92 Å². The van der Waals surface area contributed by atoms with Gasteiger partial charge in [0.05, 0.1) is 24.0 Å². The molecule has 2 aromatic rings. The highest BCUT2D eigenvalue weighted by Crippen LogP contribution is 2.22. The normalized spacial score (nSPS) is 18.3. The first kappa shape index (κ1) is 14.7. The summed E-state index contributed by atoms with van der Waals surface area (Å²) in [5, 5.41) is 3.37. The van der Waals surface area contributed by atoms with Crippen molar-refractivity contribution >= 4 is 11.3 Å². The van der Waals surface area contributed by atoms with Crippen LogP contribution in [0.1, 0.15) is 19.5 Å². The van der Waals surface area contributed by atoms with E-state index < -0.39 is 0 Å². The van der Waals surface area contributed by atoms with Gasteiger partial charge < -0.3 is 10.2 Å². The zero-order valence-electron chi connectivity index (χ0n) is 13.3. The Morgan fingerprint density at radius 3 is 3.05 bits per heavy atom. The molecule has 6 heteroatoms. The van der Waals surface area contributed by atoms with Crippen LogP contribution in [0.2, 0.25) is 0 Å². The van der Waals surface area contributed by atoms with Gasteiger partial charge in [0, 0.05) is 38.8 Å². The van der Waals surface area contributed by atoms with Crippen molar-refractivity contribution in [3.8, 4) is 11.8 Å². The number of hydrogen-bond donors (Lipinski definition) is 1. The Balaban J connectivity index is 2.15. The van der Waals surface area contributed by atoms with Gasteiger partial charge in [0.15, 0.2) is 5.65 Å². The zero-order chi connectivity index (χ0) is 15.7. The van der Waals surface area contributed by atoms with Gasteiger partial charge in [-0.2, -0.15) is 0 Å². The van der Waals surface area contributed by atoms with E-state index in [1.165, 1.54) is 0 Å². The van der Waals surface area contributed by atoms with Crippen LogP contribution in [0.4, 0.5) is 5.69 Å². The summed E-state index contributed by atoms with van der Waals surface area (Å²) >= 11 is 0. The smallest absolute Gasteiger partial charge is 0.267 e. The van der Waals surface area contributed by atoms with Crippen molar-refractivity contribution in [3.05, 3.63) is 28.3 Å². The van der Waals surface area contributed by atoms with E-state index in [9.17, 15) is 4.79 Å². The molecule has 0 bridgehead atoms. The molecule has 0 amide bonds. The minimum Gasteiger partial charge on any atom is -0.363 e. The lowest BCUT2D eigenvalue weighted by atomic mass is 10.2. The van der Waals surface area contributed by atoms with Gasteiger partial charge in [-0.05, 0) is 13.8 Å². The topological polar surface area (TPSA) is 54.6 Å². The molecule has 0 spiro atoms. The number of piperazine rings is 1. The maximum Gasteiger partial charge on any atom is 0.267 e. The molecule has 3 rings (SSSR count). The molecule has 6 nitrogen and oxygen atoms in total. The number of hydrogen-bond acceptors (Lipinski definition) is 4. The van der Waals surface area contributed by atoms with Gasteiger partial charge in [-0.25, -0.2) is 14.2 Å². The van der Waals surface area contributed by atoms with Crippen LogP contribution in [0.25, 0.3) is 5.65 Å². The maximum absolute atomic E-state index is 12.3. The van der Waals surface area contributed by atoms with E-state index in [0.29, 0.717) is 12.5 Å². The lowest BCUT2D eigenvalue weighted by Gasteiger charge is -2.35. The largest absolute Gasteiger partial charge is 0.363 e. The Labute approximate surface area is 129 Å². The second kappa shape index (κ2) is 5.85. The average Bonchev–Trinajstić information content (AvgIpc) is 2.94. The van der Waals surface area contributed by atoms with Gasteiger partial charge in [-0.1, -0.05) is 5.92 Å². The monoisotopic (exact) mass is 299 g/mol. The van der Waals surface area contributed by atoms with E-state index in [4.69, 9.17) is 4.98 Å². The second-order valence-electron chi connectivity index (χ2n) is 5.64. The molecular weight excluding hydrogens is 278 g/mol. The summed E-state index contributed by atoms with van der Waals surface area (Å²) in [4.78, 5) is 19.2. The van der Waals surface area contributed by atoms with Crippen LogP contribution in [0.3, 0.4) is 0 Å². The number of fused-ring (bicyclic) bond motifs is 1. The quantitative estimate of drug-likeness (QED) is 0.816. The van der Waals surface area contributed by atoms with Gasteiger partial charge in [0.25, 0.3) is 5.56 Å². The van der Waals surface area contributed by atoms with Crippen LogP contribution in [0.15, 0.2) is 17.1 Å². The molecular formula is C16H21N5O. The Morgan fingerprint density at radius 2 is 2.32 bits per heavy atom. The molecule has 1 saturated heterocycles. The summed E-state index contributed by atoms with van der Waals surface area (Å²) < 4.78 is 3.42. The van der Waals surface area contributed by atoms with Crippen LogP contribution in [-0.4, -0.2) is 39.9 Å². The first-order chi connectivity index (χ1) is 10.6. The van der Waals surface area contributed by atoms with Crippen LogP contribution >= 0.6 is 0 Å². The number of anilines is 1. The minimum absolute atomic E-state index is 0.0289. The molecule has 0 aliphatic carbocycles.